The lowest BCUT2D eigenvalue weighted by Gasteiger charge is -2.27. The van der Waals surface area contributed by atoms with Gasteiger partial charge in [-0.2, -0.15) is 0 Å². The molecule has 2 aromatic carbocycles. The summed E-state index contributed by atoms with van der Waals surface area (Å²) in [6, 6.07) is 15.7. The SMILES string of the molecule is COc1ccccc1CC(C)N(C)c1nnc(-c2ccccc2Cl)n1CCC(=O)N(C)C. The third-order valence-corrected chi connectivity index (χ3v) is 5.91. The topological polar surface area (TPSA) is 63.5 Å². The quantitative estimate of drug-likeness (QED) is 0.485. The molecule has 0 saturated heterocycles. The molecule has 0 fully saturated rings. The number of carbonyl (C=O) groups excluding carboxylic acids is 1. The van der Waals surface area contributed by atoms with Crippen LogP contribution in [0.5, 0.6) is 5.75 Å². The van der Waals surface area contributed by atoms with Crippen molar-refractivity contribution in [3.8, 4) is 17.1 Å². The highest BCUT2D eigenvalue weighted by Crippen LogP contribution is 2.30. The van der Waals surface area contributed by atoms with Crippen LogP contribution in [-0.2, 0) is 17.8 Å². The molecule has 1 amide bonds. The van der Waals surface area contributed by atoms with Crippen molar-refractivity contribution in [2.45, 2.75) is 32.4 Å². The molecule has 1 heterocycles. The van der Waals surface area contributed by atoms with E-state index in [9.17, 15) is 4.79 Å². The number of hydrogen-bond acceptors (Lipinski definition) is 5. The van der Waals surface area contributed by atoms with Crippen LogP contribution >= 0.6 is 11.6 Å². The minimum atomic E-state index is 0.0412. The van der Waals surface area contributed by atoms with Gasteiger partial charge in [0.15, 0.2) is 5.82 Å². The van der Waals surface area contributed by atoms with Crippen LogP contribution in [0, 0.1) is 0 Å². The number of ether oxygens (including phenoxy) is 1. The Hall–Kier alpha value is -3.06. The lowest BCUT2D eigenvalue weighted by Crippen LogP contribution is -2.33. The van der Waals surface area contributed by atoms with E-state index < -0.39 is 0 Å². The van der Waals surface area contributed by atoms with Crippen LogP contribution in [0.25, 0.3) is 11.4 Å². The molecule has 1 unspecified atom stereocenters. The molecule has 1 atom stereocenters. The Morgan fingerprint density at radius 1 is 1.09 bits per heavy atom. The molecule has 0 spiro atoms. The maximum atomic E-state index is 12.3. The standard InChI is InChI=1S/C24H30ClN5O2/c1-17(16-18-10-6-9-13-21(18)32-5)29(4)24-27-26-23(19-11-7-8-12-20(19)25)30(24)15-14-22(31)28(2)3/h6-13,17H,14-16H2,1-5H3. The fourth-order valence-electron chi connectivity index (χ4n) is 3.56. The molecule has 3 rings (SSSR count). The lowest BCUT2D eigenvalue weighted by atomic mass is 10.1. The summed E-state index contributed by atoms with van der Waals surface area (Å²) in [5.74, 6) is 2.24. The third kappa shape index (κ3) is 5.22. The summed E-state index contributed by atoms with van der Waals surface area (Å²) in [5, 5.41) is 9.53. The molecule has 0 radical (unpaired) electrons. The van der Waals surface area contributed by atoms with Crippen LogP contribution in [0.2, 0.25) is 5.02 Å². The van der Waals surface area contributed by atoms with E-state index in [0.29, 0.717) is 29.8 Å². The van der Waals surface area contributed by atoms with E-state index >= 15 is 0 Å². The van der Waals surface area contributed by atoms with E-state index in [0.717, 1.165) is 23.3 Å². The molecule has 8 heteroatoms. The molecule has 0 aliphatic heterocycles. The van der Waals surface area contributed by atoms with Gasteiger partial charge in [-0.1, -0.05) is 41.9 Å². The van der Waals surface area contributed by atoms with Gasteiger partial charge in [-0.15, -0.1) is 10.2 Å². The van der Waals surface area contributed by atoms with Gasteiger partial charge in [0.05, 0.1) is 12.1 Å². The van der Waals surface area contributed by atoms with E-state index in [-0.39, 0.29) is 11.9 Å². The van der Waals surface area contributed by atoms with Gasteiger partial charge in [0.1, 0.15) is 5.75 Å². The highest BCUT2D eigenvalue weighted by Gasteiger charge is 2.23. The molecule has 32 heavy (non-hydrogen) atoms. The second-order valence-corrected chi connectivity index (χ2v) is 8.38. The van der Waals surface area contributed by atoms with Gasteiger partial charge in [-0.3, -0.25) is 9.36 Å². The number of rotatable bonds is 9. The predicted molar refractivity (Wildman–Crippen MR) is 128 cm³/mol. The van der Waals surface area contributed by atoms with Crippen molar-refractivity contribution in [2.24, 2.45) is 0 Å². The fraction of sp³-hybridized carbons (Fsp3) is 0.375. The van der Waals surface area contributed by atoms with Crippen molar-refractivity contribution in [3.05, 3.63) is 59.1 Å². The molecule has 170 valence electrons. The van der Waals surface area contributed by atoms with Crippen molar-refractivity contribution < 1.29 is 9.53 Å². The van der Waals surface area contributed by atoms with Crippen molar-refractivity contribution in [1.29, 1.82) is 0 Å². The van der Waals surface area contributed by atoms with Gasteiger partial charge < -0.3 is 14.5 Å². The van der Waals surface area contributed by atoms with Crippen molar-refractivity contribution >= 4 is 23.5 Å². The maximum Gasteiger partial charge on any atom is 0.227 e. The van der Waals surface area contributed by atoms with Gasteiger partial charge in [-0.05, 0) is 37.1 Å². The second-order valence-electron chi connectivity index (χ2n) is 7.97. The molecule has 0 N–H and O–H groups in total. The Morgan fingerprint density at radius 3 is 2.47 bits per heavy atom. The molecule has 0 bridgehead atoms. The molecule has 0 aliphatic carbocycles. The normalized spacial score (nSPS) is 11.8. The van der Waals surface area contributed by atoms with Gasteiger partial charge in [0, 0.05) is 45.7 Å². The maximum absolute atomic E-state index is 12.3. The van der Waals surface area contributed by atoms with Gasteiger partial charge in [-0.25, -0.2) is 0 Å². The summed E-state index contributed by atoms with van der Waals surface area (Å²) >= 11 is 6.45. The van der Waals surface area contributed by atoms with Crippen LogP contribution in [0.1, 0.15) is 18.9 Å². The van der Waals surface area contributed by atoms with E-state index in [1.807, 2.05) is 54.1 Å². The monoisotopic (exact) mass is 455 g/mol. The number of halogens is 1. The van der Waals surface area contributed by atoms with E-state index in [2.05, 4.69) is 28.1 Å². The summed E-state index contributed by atoms with van der Waals surface area (Å²) in [4.78, 5) is 16.0. The average molecular weight is 456 g/mol. The summed E-state index contributed by atoms with van der Waals surface area (Å²) in [5.41, 5.74) is 1.91. The minimum Gasteiger partial charge on any atom is -0.496 e. The predicted octanol–water partition coefficient (Wildman–Crippen LogP) is 4.15. The summed E-state index contributed by atoms with van der Waals surface area (Å²) in [7, 11) is 7.18. The number of methoxy groups -OCH3 is 1. The van der Waals surface area contributed by atoms with Crippen LogP contribution < -0.4 is 9.64 Å². The zero-order valence-corrected chi connectivity index (χ0v) is 20.0. The lowest BCUT2D eigenvalue weighted by molar-refractivity contribution is -0.128. The van der Waals surface area contributed by atoms with Crippen molar-refractivity contribution in [1.82, 2.24) is 19.7 Å². The highest BCUT2D eigenvalue weighted by molar-refractivity contribution is 6.33. The third-order valence-electron chi connectivity index (χ3n) is 5.58. The van der Waals surface area contributed by atoms with E-state index in [1.165, 1.54) is 0 Å². The minimum absolute atomic E-state index is 0.0412. The number of hydrogen-bond donors (Lipinski definition) is 0. The van der Waals surface area contributed by atoms with E-state index in [4.69, 9.17) is 16.3 Å². The van der Waals surface area contributed by atoms with E-state index in [1.54, 1.807) is 26.1 Å². The van der Waals surface area contributed by atoms with Crippen LogP contribution in [0.3, 0.4) is 0 Å². The molecular weight excluding hydrogens is 426 g/mol. The summed E-state index contributed by atoms with van der Waals surface area (Å²) in [6.07, 6.45) is 1.11. The highest BCUT2D eigenvalue weighted by atomic mass is 35.5. The average Bonchev–Trinajstić information content (AvgIpc) is 3.20. The zero-order chi connectivity index (χ0) is 23.3. The van der Waals surface area contributed by atoms with Gasteiger partial charge in [0.25, 0.3) is 0 Å². The molecule has 3 aromatic rings. The fourth-order valence-corrected chi connectivity index (χ4v) is 3.78. The largest absolute Gasteiger partial charge is 0.496 e. The Balaban J connectivity index is 1.93. The number of para-hydroxylation sites is 1. The number of benzene rings is 2. The smallest absolute Gasteiger partial charge is 0.227 e. The number of likely N-dealkylation sites (N-methyl/N-ethyl adjacent to an activating group) is 1. The molecule has 1 aromatic heterocycles. The number of anilines is 1. The summed E-state index contributed by atoms with van der Waals surface area (Å²) in [6.45, 7) is 2.58. The molecule has 0 saturated carbocycles. The number of amides is 1. The number of aromatic nitrogens is 3. The van der Waals surface area contributed by atoms with Crippen LogP contribution in [0.4, 0.5) is 5.95 Å². The first-order chi connectivity index (χ1) is 15.3. The number of carbonyl (C=O) groups is 1. The Bertz CT molecular complexity index is 1070. The van der Waals surface area contributed by atoms with Gasteiger partial charge in [0.2, 0.25) is 11.9 Å². The zero-order valence-electron chi connectivity index (χ0n) is 19.2. The first-order valence-corrected chi connectivity index (χ1v) is 10.9. The molecule has 7 nitrogen and oxygen atoms in total. The Labute approximate surface area is 194 Å². The Kier molecular flexibility index (Phi) is 7.75. The summed E-state index contributed by atoms with van der Waals surface area (Å²) < 4.78 is 7.48. The van der Waals surface area contributed by atoms with Gasteiger partial charge >= 0.3 is 0 Å². The first-order valence-electron chi connectivity index (χ1n) is 10.6. The first kappa shape index (κ1) is 23.6. The van der Waals surface area contributed by atoms with Crippen LogP contribution in [0.15, 0.2) is 48.5 Å². The van der Waals surface area contributed by atoms with Crippen molar-refractivity contribution in [3.63, 3.8) is 0 Å². The van der Waals surface area contributed by atoms with Crippen molar-refractivity contribution in [2.75, 3.05) is 33.2 Å². The second kappa shape index (κ2) is 10.5. The number of nitrogens with zero attached hydrogens (tertiary/aromatic N) is 5. The Morgan fingerprint density at radius 2 is 1.78 bits per heavy atom. The molecular formula is C24H30ClN5O2. The van der Waals surface area contributed by atoms with Crippen LogP contribution in [-0.4, -0.2) is 59.9 Å². The molecule has 0 aliphatic rings.